The molecule has 21 heavy (non-hydrogen) atoms. The third-order valence-electron chi connectivity index (χ3n) is 3.17. The van der Waals surface area contributed by atoms with Crippen molar-refractivity contribution in [1.29, 1.82) is 0 Å². The molecule has 1 heterocycles. The molecule has 5 nitrogen and oxygen atoms in total. The van der Waals surface area contributed by atoms with Gasteiger partial charge in [-0.3, -0.25) is 4.79 Å². The third-order valence-corrected chi connectivity index (χ3v) is 3.70. The number of nitrogens with one attached hydrogen (secondary N) is 2. The fourth-order valence-electron chi connectivity index (χ4n) is 1.92. The maximum Gasteiger partial charge on any atom is 0.243 e. The molecule has 1 aromatic carbocycles. The lowest BCUT2D eigenvalue weighted by Crippen LogP contribution is -2.22. The van der Waals surface area contributed by atoms with Crippen LogP contribution in [0.2, 0.25) is 0 Å². The fourth-order valence-corrected chi connectivity index (χ4v) is 2.18. The summed E-state index contributed by atoms with van der Waals surface area (Å²) in [4.78, 5) is 20.5. The highest BCUT2D eigenvalue weighted by atomic mass is 79.9. The zero-order valence-electron chi connectivity index (χ0n) is 11.3. The largest absolute Gasteiger partial charge is 0.361 e. The second kappa shape index (κ2) is 6.22. The Kier molecular flexibility index (Phi) is 4.15. The number of carbonyl (C=O) groups is 1. The predicted molar refractivity (Wildman–Crippen MR) is 85.3 cm³/mol. The summed E-state index contributed by atoms with van der Waals surface area (Å²) in [6.45, 7) is 0.178. The Hall–Kier alpha value is -1.95. The molecule has 1 aliphatic carbocycles. The maximum atomic E-state index is 11.9. The first kappa shape index (κ1) is 14.0. The van der Waals surface area contributed by atoms with Crippen LogP contribution in [-0.2, 0) is 4.79 Å². The quantitative estimate of drug-likeness (QED) is 0.872. The molecule has 0 atom stereocenters. The van der Waals surface area contributed by atoms with Gasteiger partial charge in [-0.1, -0.05) is 15.9 Å². The highest BCUT2D eigenvalue weighted by Gasteiger charge is 2.26. The van der Waals surface area contributed by atoms with Crippen LogP contribution < -0.4 is 10.6 Å². The lowest BCUT2D eigenvalue weighted by atomic mass is 10.3. The van der Waals surface area contributed by atoms with E-state index in [-0.39, 0.29) is 12.5 Å². The molecule has 0 unspecified atom stereocenters. The van der Waals surface area contributed by atoms with Crippen LogP contribution in [0.4, 0.5) is 11.5 Å². The standard InChI is InChI=1S/C15H15BrN4O/c16-11-3-5-12(6-4-11)19-14(21)9-18-13-7-8-17-15(20-13)10-1-2-10/h3-8,10H,1-2,9H2,(H,19,21)(H,17,18,20). The Morgan fingerprint density at radius 2 is 2.00 bits per heavy atom. The maximum absolute atomic E-state index is 11.9. The van der Waals surface area contributed by atoms with E-state index in [4.69, 9.17) is 0 Å². The summed E-state index contributed by atoms with van der Waals surface area (Å²) in [5.41, 5.74) is 0.770. The number of rotatable bonds is 5. The number of aromatic nitrogens is 2. The third kappa shape index (κ3) is 4.01. The first-order valence-electron chi connectivity index (χ1n) is 6.83. The molecule has 0 bridgehead atoms. The molecule has 0 radical (unpaired) electrons. The van der Waals surface area contributed by atoms with Crippen LogP contribution in [0.5, 0.6) is 0 Å². The van der Waals surface area contributed by atoms with Crippen molar-refractivity contribution in [2.75, 3.05) is 17.2 Å². The highest BCUT2D eigenvalue weighted by molar-refractivity contribution is 9.10. The number of hydrogen-bond donors (Lipinski definition) is 2. The van der Waals surface area contributed by atoms with Gasteiger partial charge in [-0.25, -0.2) is 9.97 Å². The van der Waals surface area contributed by atoms with Crippen molar-refractivity contribution in [2.45, 2.75) is 18.8 Å². The molecule has 2 N–H and O–H groups in total. The van der Waals surface area contributed by atoms with Crippen LogP contribution in [0.25, 0.3) is 0 Å². The molecule has 1 fully saturated rings. The molecule has 6 heteroatoms. The summed E-state index contributed by atoms with van der Waals surface area (Å²) < 4.78 is 0.979. The summed E-state index contributed by atoms with van der Waals surface area (Å²) in [7, 11) is 0. The topological polar surface area (TPSA) is 66.9 Å². The number of nitrogens with zero attached hydrogens (tertiary/aromatic N) is 2. The van der Waals surface area contributed by atoms with E-state index < -0.39 is 0 Å². The van der Waals surface area contributed by atoms with Crippen molar-refractivity contribution in [3.8, 4) is 0 Å². The van der Waals surface area contributed by atoms with E-state index in [2.05, 4.69) is 36.5 Å². The monoisotopic (exact) mass is 346 g/mol. The Labute approximate surface area is 131 Å². The molecular formula is C15H15BrN4O. The Morgan fingerprint density at radius 1 is 1.24 bits per heavy atom. The fraction of sp³-hybridized carbons (Fsp3) is 0.267. The van der Waals surface area contributed by atoms with Crippen LogP contribution in [0.3, 0.4) is 0 Å². The summed E-state index contributed by atoms with van der Waals surface area (Å²) >= 11 is 3.36. The minimum Gasteiger partial charge on any atom is -0.361 e. The van der Waals surface area contributed by atoms with Crippen molar-refractivity contribution >= 4 is 33.3 Å². The summed E-state index contributed by atoms with van der Waals surface area (Å²) in [6.07, 6.45) is 4.05. The van der Waals surface area contributed by atoms with Gasteiger partial charge in [-0.15, -0.1) is 0 Å². The Balaban J connectivity index is 1.53. The molecule has 0 aliphatic heterocycles. The van der Waals surface area contributed by atoms with Gasteiger partial charge in [0.1, 0.15) is 11.6 Å². The van der Waals surface area contributed by atoms with Gasteiger partial charge in [0, 0.05) is 22.3 Å². The van der Waals surface area contributed by atoms with Crippen LogP contribution in [0.15, 0.2) is 41.0 Å². The van der Waals surface area contributed by atoms with E-state index in [9.17, 15) is 4.79 Å². The Morgan fingerprint density at radius 3 is 2.71 bits per heavy atom. The second-order valence-electron chi connectivity index (χ2n) is 4.98. The number of carbonyl (C=O) groups excluding carboxylic acids is 1. The lowest BCUT2D eigenvalue weighted by molar-refractivity contribution is -0.114. The van der Waals surface area contributed by atoms with E-state index in [1.54, 1.807) is 12.3 Å². The molecule has 1 saturated carbocycles. The molecule has 0 saturated heterocycles. The van der Waals surface area contributed by atoms with Gasteiger partial charge < -0.3 is 10.6 Å². The molecule has 108 valence electrons. The van der Waals surface area contributed by atoms with E-state index in [0.717, 1.165) is 28.8 Å². The van der Waals surface area contributed by atoms with Crippen LogP contribution in [-0.4, -0.2) is 22.4 Å². The normalized spacial score (nSPS) is 13.8. The minimum absolute atomic E-state index is 0.107. The van der Waals surface area contributed by atoms with E-state index in [0.29, 0.717) is 11.7 Å². The lowest BCUT2D eigenvalue weighted by Gasteiger charge is -2.08. The highest BCUT2D eigenvalue weighted by Crippen LogP contribution is 2.37. The molecule has 1 aliphatic rings. The summed E-state index contributed by atoms with van der Waals surface area (Å²) in [5.74, 6) is 1.96. The second-order valence-corrected chi connectivity index (χ2v) is 5.90. The van der Waals surface area contributed by atoms with E-state index in [1.165, 1.54) is 0 Å². The molecule has 1 amide bonds. The molecule has 2 aromatic rings. The van der Waals surface area contributed by atoms with Gasteiger partial charge in [-0.2, -0.15) is 0 Å². The summed E-state index contributed by atoms with van der Waals surface area (Å²) in [6, 6.07) is 9.24. The van der Waals surface area contributed by atoms with E-state index in [1.807, 2.05) is 24.3 Å². The van der Waals surface area contributed by atoms with Gasteiger partial charge in [-0.05, 0) is 43.2 Å². The number of amides is 1. The summed E-state index contributed by atoms with van der Waals surface area (Å²) in [5, 5.41) is 5.85. The van der Waals surface area contributed by atoms with Crippen molar-refractivity contribution in [3.05, 3.63) is 46.8 Å². The van der Waals surface area contributed by atoms with Gasteiger partial charge in [0.25, 0.3) is 0 Å². The van der Waals surface area contributed by atoms with Crippen molar-refractivity contribution in [1.82, 2.24) is 9.97 Å². The SMILES string of the molecule is O=C(CNc1ccnc(C2CC2)n1)Nc1ccc(Br)cc1. The van der Waals surface area contributed by atoms with Crippen molar-refractivity contribution in [2.24, 2.45) is 0 Å². The van der Waals surface area contributed by atoms with Gasteiger partial charge in [0.2, 0.25) is 5.91 Å². The first-order valence-corrected chi connectivity index (χ1v) is 7.62. The van der Waals surface area contributed by atoms with Gasteiger partial charge >= 0.3 is 0 Å². The average Bonchev–Trinajstić information content (AvgIpc) is 3.33. The first-order chi connectivity index (χ1) is 10.2. The zero-order valence-corrected chi connectivity index (χ0v) is 12.9. The van der Waals surface area contributed by atoms with Crippen LogP contribution >= 0.6 is 15.9 Å². The van der Waals surface area contributed by atoms with Crippen LogP contribution in [0, 0.1) is 0 Å². The van der Waals surface area contributed by atoms with Crippen molar-refractivity contribution in [3.63, 3.8) is 0 Å². The van der Waals surface area contributed by atoms with Crippen LogP contribution in [0.1, 0.15) is 24.6 Å². The Bertz CT molecular complexity index is 640. The van der Waals surface area contributed by atoms with Gasteiger partial charge in [0.15, 0.2) is 0 Å². The van der Waals surface area contributed by atoms with Crippen molar-refractivity contribution < 1.29 is 4.79 Å². The number of hydrogen-bond acceptors (Lipinski definition) is 4. The van der Waals surface area contributed by atoms with E-state index >= 15 is 0 Å². The van der Waals surface area contributed by atoms with Gasteiger partial charge in [0.05, 0.1) is 6.54 Å². The number of benzene rings is 1. The molecule has 3 rings (SSSR count). The predicted octanol–water partition coefficient (Wildman–Crippen LogP) is 3.17. The molecule has 0 spiro atoms. The molecule has 1 aromatic heterocycles. The minimum atomic E-state index is -0.107. The number of anilines is 2. The average molecular weight is 347 g/mol. The molecular weight excluding hydrogens is 332 g/mol. The smallest absolute Gasteiger partial charge is 0.243 e. The number of halogens is 1. The zero-order chi connectivity index (χ0) is 14.7.